The fraction of sp³-hybridized carbons (Fsp3) is 0.316. The van der Waals surface area contributed by atoms with Crippen molar-refractivity contribution < 1.29 is 14.3 Å². The average Bonchev–Trinajstić information content (AvgIpc) is 2.58. The van der Waals surface area contributed by atoms with E-state index in [1.54, 1.807) is 19.1 Å². The topological polar surface area (TPSA) is 49.3 Å². The zero-order chi connectivity index (χ0) is 16.7. The first-order valence-corrected chi connectivity index (χ1v) is 7.83. The maximum Gasteiger partial charge on any atom is 0.227 e. The van der Waals surface area contributed by atoms with Gasteiger partial charge in [0, 0.05) is 6.61 Å². The maximum absolute atomic E-state index is 13.3. The van der Waals surface area contributed by atoms with Crippen LogP contribution in [0.15, 0.2) is 54.6 Å². The molecule has 3 nitrogen and oxygen atoms in total. The molecular formula is C19H22FNO2. The Bertz CT molecular complexity index is 630. The van der Waals surface area contributed by atoms with Crippen LogP contribution in [0, 0.1) is 5.82 Å². The van der Waals surface area contributed by atoms with E-state index >= 15 is 0 Å². The lowest BCUT2D eigenvalue weighted by Gasteiger charge is -2.21. The van der Waals surface area contributed by atoms with Gasteiger partial charge in [-0.15, -0.1) is 0 Å². The summed E-state index contributed by atoms with van der Waals surface area (Å²) in [5, 5.41) is 12.1. The molecule has 0 aromatic heterocycles. The maximum atomic E-state index is 13.3. The number of amides is 1. The van der Waals surface area contributed by atoms with Crippen molar-refractivity contribution in [3.05, 3.63) is 71.5 Å². The summed E-state index contributed by atoms with van der Waals surface area (Å²) in [6, 6.07) is 15.6. The first kappa shape index (κ1) is 17.2. The second-order valence-corrected chi connectivity index (χ2v) is 5.61. The predicted molar refractivity (Wildman–Crippen MR) is 88.5 cm³/mol. The van der Waals surface area contributed by atoms with E-state index in [0.717, 1.165) is 5.56 Å². The number of halogens is 1. The highest BCUT2D eigenvalue weighted by molar-refractivity contribution is 5.83. The van der Waals surface area contributed by atoms with E-state index in [-0.39, 0.29) is 24.4 Å². The monoisotopic (exact) mass is 315 g/mol. The quantitative estimate of drug-likeness (QED) is 0.821. The van der Waals surface area contributed by atoms with Crippen LogP contribution in [0.25, 0.3) is 0 Å². The van der Waals surface area contributed by atoms with Crippen molar-refractivity contribution in [2.75, 3.05) is 6.61 Å². The van der Waals surface area contributed by atoms with Crippen molar-refractivity contribution in [2.45, 2.75) is 31.7 Å². The number of aliphatic hydroxyl groups excluding tert-OH is 1. The van der Waals surface area contributed by atoms with Crippen molar-refractivity contribution in [3.63, 3.8) is 0 Å². The van der Waals surface area contributed by atoms with Gasteiger partial charge >= 0.3 is 0 Å². The van der Waals surface area contributed by atoms with Crippen LogP contribution in [0.1, 0.15) is 42.9 Å². The van der Waals surface area contributed by atoms with Gasteiger partial charge in [0.1, 0.15) is 5.82 Å². The summed E-state index contributed by atoms with van der Waals surface area (Å²) in [4.78, 5) is 12.5. The lowest BCUT2D eigenvalue weighted by atomic mass is 9.97. The fourth-order valence-corrected chi connectivity index (χ4v) is 2.53. The smallest absolute Gasteiger partial charge is 0.227 e. The van der Waals surface area contributed by atoms with Gasteiger partial charge in [0.15, 0.2) is 0 Å². The third kappa shape index (κ3) is 4.89. The Kier molecular flexibility index (Phi) is 6.29. The van der Waals surface area contributed by atoms with Crippen LogP contribution < -0.4 is 5.32 Å². The van der Waals surface area contributed by atoms with E-state index in [1.807, 2.05) is 30.3 Å². The average molecular weight is 315 g/mol. The van der Waals surface area contributed by atoms with Crippen molar-refractivity contribution in [1.29, 1.82) is 0 Å². The van der Waals surface area contributed by atoms with Gasteiger partial charge in [0.2, 0.25) is 5.91 Å². The van der Waals surface area contributed by atoms with Gasteiger partial charge < -0.3 is 10.4 Å². The molecule has 0 bridgehead atoms. The van der Waals surface area contributed by atoms with Gasteiger partial charge in [-0.05, 0) is 43.0 Å². The van der Waals surface area contributed by atoms with Crippen LogP contribution in [-0.4, -0.2) is 17.6 Å². The molecule has 1 amide bonds. The first-order chi connectivity index (χ1) is 11.1. The molecule has 23 heavy (non-hydrogen) atoms. The molecule has 0 fully saturated rings. The molecule has 0 heterocycles. The molecule has 0 aliphatic rings. The van der Waals surface area contributed by atoms with E-state index in [4.69, 9.17) is 5.11 Å². The highest BCUT2D eigenvalue weighted by atomic mass is 19.1. The van der Waals surface area contributed by atoms with Crippen LogP contribution in [-0.2, 0) is 4.79 Å². The SMILES string of the molecule is CC(C(=O)NC(CCCO)c1ccccc1)c1cccc(F)c1. The Labute approximate surface area is 136 Å². The van der Waals surface area contributed by atoms with E-state index in [2.05, 4.69) is 5.32 Å². The Morgan fingerprint density at radius 2 is 1.83 bits per heavy atom. The standard InChI is InChI=1S/C19H22FNO2/c1-14(16-9-5-10-17(20)13-16)19(23)21-18(11-6-12-22)15-7-3-2-4-8-15/h2-5,7-10,13-14,18,22H,6,11-12H2,1H3,(H,21,23). The second kappa shape index (κ2) is 8.44. The zero-order valence-electron chi connectivity index (χ0n) is 13.2. The molecule has 2 unspecified atom stereocenters. The third-order valence-corrected chi connectivity index (χ3v) is 3.91. The Hall–Kier alpha value is -2.20. The molecule has 2 rings (SSSR count). The van der Waals surface area contributed by atoms with Gasteiger partial charge in [-0.3, -0.25) is 4.79 Å². The van der Waals surface area contributed by atoms with Crippen LogP contribution in [0.5, 0.6) is 0 Å². The second-order valence-electron chi connectivity index (χ2n) is 5.61. The molecule has 122 valence electrons. The minimum Gasteiger partial charge on any atom is -0.396 e. The first-order valence-electron chi connectivity index (χ1n) is 7.83. The summed E-state index contributed by atoms with van der Waals surface area (Å²) in [7, 11) is 0. The molecule has 2 N–H and O–H groups in total. The number of hydrogen-bond donors (Lipinski definition) is 2. The molecule has 0 aliphatic carbocycles. The molecule has 0 aliphatic heterocycles. The largest absolute Gasteiger partial charge is 0.396 e. The minimum atomic E-state index is -0.439. The van der Waals surface area contributed by atoms with Gasteiger partial charge in [-0.25, -0.2) is 4.39 Å². The molecule has 2 aromatic rings. The fourth-order valence-electron chi connectivity index (χ4n) is 2.53. The molecule has 0 saturated heterocycles. The summed E-state index contributed by atoms with van der Waals surface area (Å²) in [5.74, 6) is -0.935. The molecule has 0 saturated carbocycles. The molecule has 2 atom stereocenters. The zero-order valence-corrected chi connectivity index (χ0v) is 13.2. The number of carbonyl (C=O) groups excluding carboxylic acids is 1. The Balaban J connectivity index is 2.10. The van der Waals surface area contributed by atoms with Gasteiger partial charge in [0.05, 0.1) is 12.0 Å². The predicted octanol–water partition coefficient (Wildman–Crippen LogP) is 3.56. The molecule has 4 heteroatoms. The molecule has 2 aromatic carbocycles. The summed E-state index contributed by atoms with van der Waals surface area (Å²) in [6.45, 7) is 1.84. The van der Waals surface area contributed by atoms with Crippen LogP contribution in [0.2, 0.25) is 0 Å². The van der Waals surface area contributed by atoms with Crippen LogP contribution in [0.4, 0.5) is 4.39 Å². The third-order valence-electron chi connectivity index (χ3n) is 3.91. The summed E-state index contributed by atoms with van der Waals surface area (Å²) in [5.41, 5.74) is 1.65. The number of benzene rings is 2. The Morgan fingerprint density at radius 1 is 1.13 bits per heavy atom. The van der Waals surface area contributed by atoms with E-state index in [0.29, 0.717) is 18.4 Å². The van der Waals surface area contributed by atoms with E-state index in [9.17, 15) is 9.18 Å². The number of nitrogens with one attached hydrogen (secondary N) is 1. The lowest BCUT2D eigenvalue weighted by molar-refractivity contribution is -0.123. The van der Waals surface area contributed by atoms with Crippen molar-refractivity contribution >= 4 is 5.91 Å². The van der Waals surface area contributed by atoms with Crippen molar-refractivity contribution in [2.24, 2.45) is 0 Å². The van der Waals surface area contributed by atoms with E-state index < -0.39 is 5.92 Å². The highest BCUT2D eigenvalue weighted by Crippen LogP contribution is 2.22. The number of hydrogen-bond acceptors (Lipinski definition) is 2. The lowest BCUT2D eigenvalue weighted by Crippen LogP contribution is -2.32. The normalized spacial score (nSPS) is 13.3. The van der Waals surface area contributed by atoms with Crippen LogP contribution in [0.3, 0.4) is 0 Å². The molecule has 0 radical (unpaired) electrons. The molecule has 0 spiro atoms. The summed E-state index contributed by atoms with van der Waals surface area (Å²) in [6.07, 6.45) is 1.26. The summed E-state index contributed by atoms with van der Waals surface area (Å²) < 4.78 is 13.3. The summed E-state index contributed by atoms with van der Waals surface area (Å²) >= 11 is 0. The number of aliphatic hydroxyl groups is 1. The van der Waals surface area contributed by atoms with Crippen LogP contribution >= 0.6 is 0 Å². The van der Waals surface area contributed by atoms with E-state index in [1.165, 1.54) is 12.1 Å². The van der Waals surface area contributed by atoms with Gasteiger partial charge in [-0.2, -0.15) is 0 Å². The highest BCUT2D eigenvalue weighted by Gasteiger charge is 2.20. The van der Waals surface area contributed by atoms with Crippen molar-refractivity contribution in [3.8, 4) is 0 Å². The van der Waals surface area contributed by atoms with Gasteiger partial charge in [0.25, 0.3) is 0 Å². The number of rotatable bonds is 7. The minimum absolute atomic E-state index is 0.0820. The number of carbonyl (C=O) groups is 1. The Morgan fingerprint density at radius 3 is 2.48 bits per heavy atom. The van der Waals surface area contributed by atoms with Crippen molar-refractivity contribution in [1.82, 2.24) is 5.32 Å². The van der Waals surface area contributed by atoms with Gasteiger partial charge in [-0.1, -0.05) is 42.5 Å². The molecular weight excluding hydrogens is 293 g/mol.